The lowest BCUT2D eigenvalue weighted by Gasteiger charge is -2.21. The third kappa shape index (κ3) is 2.51. The third-order valence-corrected chi connectivity index (χ3v) is 4.60. The van der Waals surface area contributed by atoms with Gasteiger partial charge in [-0.15, -0.1) is 0 Å². The van der Waals surface area contributed by atoms with E-state index in [4.69, 9.17) is 4.74 Å². The fraction of sp³-hybridized carbons (Fsp3) is 0.368. The monoisotopic (exact) mass is 279 g/mol. The van der Waals surface area contributed by atoms with Crippen LogP contribution in [-0.4, -0.2) is 13.2 Å². The van der Waals surface area contributed by atoms with Crippen molar-refractivity contribution in [3.05, 3.63) is 58.7 Å². The van der Waals surface area contributed by atoms with Gasteiger partial charge in [0.05, 0.1) is 6.61 Å². The van der Waals surface area contributed by atoms with Gasteiger partial charge < -0.3 is 10.1 Å². The lowest BCUT2D eigenvalue weighted by molar-refractivity contribution is 0.357. The summed E-state index contributed by atoms with van der Waals surface area (Å²) >= 11 is 0. The number of nitrogens with one attached hydrogen (secondary N) is 1. The zero-order valence-corrected chi connectivity index (χ0v) is 12.3. The first-order chi connectivity index (χ1) is 10.4. The minimum absolute atomic E-state index is 0.842. The van der Waals surface area contributed by atoms with Crippen molar-refractivity contribution in [1.29, 1.82) is 0 Å². The predicted octanol–water partition coefficient (Wildman–Crippen LogP) is 3.76. The van der Waals surface area contributed by atoms with Gasteiger partial charge in [0.25, 0.3) is 0 Å². The van der Waals surface area contributed by atoms with Crippen LogP contribution in [0.15, 0.2) is 36.4 Å². The van der Waals surface area contributed by atoms with E-state index in [1.165, 1.54) is 40.8 Å². The van der Waals surface area contributed by atoms with Crippen LogP contribution in [-0.2, 0) is 25.7 Å². The summed E-state index contributed by atoms with van der Waals surface area (Å²) in [7, 11) is 0. The Morgan fingerprint density at radius 2 is 2.00 bits per heavy atom. The minimum Gasteiger partial charge on any atom is -0.493 e. The number of ether oxygens (including phenoxy) is 1. The molecule has 0 spiro atoms. The first-order valence-electron chi connectivity index (χ1n) is 7.99. The van der Waals surface area contributed by atoms with E-state index < -0.39 is 0 Å². The highest BCUT2D eigenvalue weighted by Gasteiger charge is 2.14. The average Bonchev–Trinajstić information content (AvgIpc) is 3.00. The molecule has 0 bridgehead atoms. The molecule has 0 aromatic heterocycles. The van der Waals surface area contributed by atoms with Crippen molar-refractivity contribution < 1.29 is 4.74 Å². The maximum Gasteiger partial charge on any atom is 0.122 e. The first-order valence-corrected chi connectivity index (χ1v) is 7.99. The van der Waals surface area contributed by atoms with Crippen molar-refractivity contribution in [1.82, 2.24) is 0 Å². The summed E-state index contributed by atoms with van der Waals surface area (Å²) in [4.78, 5) is 0. The highest BCUT2D eigenvalue weighted by Crippen LogP contribution is 2.29. The van der Waals surface area contributed by atoms with Crippen LogP contribution in [0.5, 0.6) is 5.75 Å². The Kier molecular flexibility index (Phi) is 3.30. The largest absolute Gasteiger partial charge is 0.493 e. The molecule has 1 N–H and O–H groups in total. The summed E-state index contributed by atoms with van der Waals surface area (Å²) in [6.07, 6.45) is 5.74. The highest BCUT2D eigenvalue weighted by atomic mass is 16.5. The Morgan fingerprint density at radius 1 is 1.00 bits per heavy atom. The normalized spacial score (nSPS) is 15.8. The number of benzene rings is 2. The van der Waals surface area contributed by atoms with Crippen molar-refractivity contribution in [2.45, 2.75) is 32.1 Å². The van der Waals surface area contributed by atoms with Crippen LogP contribution in [0.4, 0.5) is 5.69 Å². The molecule has 0 aliphatic carbocycles. The number of para-hydroxylation sites is 1. The third-order valence-electron chi connectivity index (χ3n) is 4.60. The van der Waals surface area contributed by atoms with Crippen molar-refractivity contribution in [3.8, 4) is 5.75 Å². The van der Waals surface area contributed by atoms with Gasteiger partial charge in [0.2, 0.25) is 0 Å². The lowest BCUT2D eigenvalue weighted by atomic mass is 9.95. The predicted molar refractivity (Wildman–Crippen MR) is 86.3 cm³/mol. The molecule has 2 heterocycles. The Labute approximate surface area is 126 Å². The molecule has 0 radical (unpaired) electrons. The second-order valence-corrected chi connectivity index (χ2v) is 6.02. The number of fused-ring (bicyclic) bond motifs is 2. The van der Waals surface area contributed by atoms with E-state index in [-0.39, 0.29) is 0 Å². The van der Waals surface area contributed by atoms with Crippen molar-refractivity contribution in [3.63, 3.8) is 0 Å². The summed E-state index contributed by atoms with van der Waals surface area (Å²) in [5, 5.41) is 3.59. The molecule has 0 atom stereocenters. The average molecular weight is 279 g/mol. The summed E-state index contributed by atoms with van der Waals surface area (Å²) in [5.74, 6) is 1.08. The molecular formula is C19H21NO. The van der Waals surface area contributed by atoms with Gasteiger partial charge in [-0.05, 0) is 54.0 Å². The van der Waals surface area contributed by atoms with E-state index in [1.54, 1.807) is 0 Å². The number of rotatable bonds is 3. The van der Waals surface area contributed by atoms with Crippen molar-refractivity contribution in [2.75, 3.05) is 18.5 Å². The van der Waals surface area contributed by atoms with Crippen molar-refractivity contribution in [2.24, 2.45) is 0 Å². The molecule has 2 nitrogen and oxygen atoms in total. The van der Waals surface area contributed by atoms with Crippen LogP contribution >= 0.6 is 0 Å². The second-order valence-electron chi connectivity index (χ2n) is 6.02. The molecule has 2 heteroatoms. The zero-order chi connectivity index (χ0) is 14.1. The van der Waals surface area contributed by atoms with Gasteiger partial charge in [0, 0.05) is 18.7 Å². The number of anilines is 1. The van der Waals surface area contributed by atoms with Crippen LogP contribution in [0.2, 0.25) is 0 Å². The van der Waals surface area contributed by atoms with Gasteiger partial charge in [-0.2, -0.15) is 0 Å². The fourth-order valence-corrected chi connectivity index (χ4v) is 3.46. The minimum atomic E-state index is 0.842. The molecular weight excluding hydrogens is 258 g/mol. The summed E-state index contributed by atoms with van der Waals surface area (Å²) < 4.78 is 5.58. The summed E-state index contributed by atoms with van der Waals surface area (Å²) in [5.41, 5.74) is 7.15. The van der Waals surface area contributed by atoms with Crippen LogP contribution in [0.25, 0.3) is 0 Å². The van der Waals surface area contributed by atoms with E-state index in [0.717, 1.165) is 38.2 Å². The topological polar surface area (TPSA) is 21.3 Å². The van der Waals surface area contributed by atoms with Crippen LogP contribution in [0.1, 0.15) is 28.7 Å². The Hall–Kier alpha value is -1.96. The molecule has 2 aliphatic heterocycles. The zero-order valence-electron chi connectivity index (χ0n) is 12.3. The van der Waals surface area contributed by atoms with Gasteiger partial charge in [0.1, 0.15) is 5.75 Å². The van der Waals surface area contributed by atoms with Crippen LogP contribution in [0.3, 0.4) is 0 Å². The van der Waals surface area contributed by atoms with Gasteiger partial charge in [-0.3, -0.25) is 0 Å². The van der Waals surface area contributed by atoms with E-state index in [1.807, 2.05) is 0 Å². The molecule has 0 saturated heterocycles. The smallest absolute Gasteiger partial charge is 0.122 e. The maximum absolute atomic E-state index is 5.58. The van der Waals surface area contributed by atoms with E-state index in [0.29, 0.717) is 0 Å². The van der Waals surface area contributed by atoms with E-state index >= 15 is 0 Å². The number of hydrogen-bond acceptors (Lipinski definition) is 2. The molecule has 0 amide bonds. The van der Waals surface area contributed by atoms with Gasteiger partial charge in [-0.25, -0.2) is 0 Å². The number of hydrogen-bond donors (Lipinski definition) is 1. The molecule has 0 saturated carbocycles. The second kappa shape index (κ2) is 5.44. The molecule has 108 valence electrons. The molecule has 2 aromatic carbocycles. The van der Waals surface area contributed by atoms with Crippen LogP contribution in [0, 0.1) is 0 Å². The Morgan fingerprint density at radius 3 is 3.00 bits per heavy atom. The summed E-state index contributed by atoms with van der Waals surface area (Å²) in [6, 6.07) is 13.4. The Balaban J connectivity index is 1.52. The van der Waals surface area contributed by atoms with Gasteiger partial charge >= 0.3 is 0 Å². The van der Waals surface area contributed by atoms with E-state index in [2.05, 4.69) is 41.7 Å². The Bertz CT molecular complexity index is 663. The maximum atomic E-state index is 5.58. The quantitative estimate of drug-likeness (QED) is 0.923. The number of aryl methyl sites for hydroxylation is 3. The first kappa shape index (κ1) is 12.8. The SMILES string of the molecule is c1cc2c(c(CCc3ccc4c(c3)CCO4)c1)NCCC2. The van der Waals surface area contributed by atoms with E-state index in [9.17, 15) is 0 Å². The molecule has 2 aliphatic rings. The lowest BCUT2D eigenvalue weighted by Crippen LogP contribution is -2.13. The standard InChI is InChI=1S/C19H21NO/c1-3-15-5-2-11-20-19(15)16(4-1)8-6-14-7-9-18-17(13-14)10-12-21-18/h1,3-4,7,9,13,20H,2,5-6,8,10-12H2. The summed E-state index contributed by atoms with van der Waals surface area (Å²) in [6.45, 7) is 1.95. The fourth-order valence-electron chi connectivity index (χ4n) is 3.46. The van der Waals surface area contributed by atoms with Crippen LogP contribution < -0.4 is 10.1 Å². The van der Waals surface area contributed by atoms with Gasteiger partial charge in [-0.1, -0.05) is 30.3 Å². The molecule has 4 rings (SSSR count). The molecule has 0 unspecified atom stereocenters. The molecule has 21 heavy (non-hydrogen) atoms. The molecule has 2 aromatic rings. The van der Waals surface area contributed by atoms with Gasteiger partial charge in [0.15, 0.2) is 0 Å². The molecule has 0 fully saturated rings. The van der Waals surface area contributed by atoms with Crippen molar-refractivity contribution >= 4 is 5.69 Å². The highest BCUT2D eigenvalue weighted by molar-refractivity contribution is 5.59.